The van der Waals surface area contributed by atoms with E-state index in [-0.39, 0.29) is 24.1 Å². The fourth-order valence-electron chi connectivity index (χ4n) is 3.65. The second-order valence-electron chi connectivity index (χ2n) is 7.55. The molecule has 6 heteroatoms. The van der Waals surface area contributed by atoms with Gasteiger partial charge in [0.05, 0.1) is 0 Å². The Hall–Kier alpha value is -2.79. The number of H-pyrrole nitrogens is 1. The molecule has 0 spiro atoms. The summed E-state index contributed by atoms with van der Waals surface area (Å²) in [5, 5.41) is 0.871. The van der Waals surface area contributed by atoms with Crippen LogP contribution in [0, 0.1) is 5.92 Å². The molecule has 29 heavy (non-hydrogen) atoms. The second kappa shape index (κ2) is 9.14. The minimum absolute atomic E-state index is 0. The molecule has 0 saturated heterocycles. The van der Waals surface area contributed by atoms with Crippen molar-refractivity contribution in [2.75, 3.05) is 5.73 Å². The average molecular weight is 414 g/mol. The molecular formula is C23H28ClN3O2. The number of hydrogen-bond acceptors (Lipinski definition) is 3. The number of amides is 1. The van der Waals surface area contributed by atoms with Crippen molar-refractivity contribution in [3.05, 3.63) is 64.3 Å². The largest absolute Gasteiger partial charge is 0.398 e. The number of carbonyl (C=O) groups is 2. The molecule has 1 aromatic heterocycles. The number of para-hydroxylation sites is 1. The van der Waals surface area contributed by atoms with E-state index in [0.29, 0.717) is 17.7 Å². The van der Waals surface area contributed by atoms with Crippen LogP contribution >= 0.6 is 12.4 Å². The van der Waals surface area contributed by atoms with Gasteiger partial charge in [0, 0.05) is 45.7 Å². The molecular weight excluding hydrogens is 386 g/mol. The summed E-state index contributed by atoms with van der Waals surface area (Å²) >= 11 is 0. The molecule has 0 bridgehead atoms. The number of hydrogen-bond donors (Lipinski definition) is 3. The highest BCUT2D eigenvalue weighted by Crippen LogP contribution is 2.32. The van der Waals surface area contributed by atoms with Crippen LogP contribution < -0.4 is 11.5 Å². The van der Waals surface area contributed by atoms with Crippen LogP contribution in [0.15, 0.2) is 36.4 Å². The minimum Gasteiger partial charge on any atom is -0.398 e. The van der Waals surface area contributed by atoms with Crippen molar-refractivity contribution in [3.63, 3.8) is 0 Å². The van der Waals surface area contributed by atoms with Gasteiger partial charge in [-0.2, -0.15) is 0 Å². The summed E-state index contributed by atoms with van der Waals surface area (Å²) in [5.74, 6) is -0.517. The highest BCUT2D eigenvalue weighted by Gasteiger charge is 2.24. The normalized spacial score (nSPS) is 10.9. The fraction of sp³-hybridized carbons (Fsp3) is 0.304. The maximum Gasteiger partial charge on any atom is 0.248 e. The summed E-state index contributed by atoms with van der Waals surface area (Å²) in [7, 11) is 0. The van der Waals surface area contributed by atoms with Crippen LogP contribution in [0.25, 0.3) is 10.9 Å². The van der Waals surface area contributed by atoms with Crippen molar-refractivity contribution in [2.24, 2.45) is 11.7 Å². The predicted molar refractivity (Wildman–Crippen MR) is 121 cm³/mol. The Morgan fingerprint density at radius 3 is 2.38 bits per heavy atom. The van der Waals surface area contributed by atoms with Gasteiger partial charge < -0.3 is 16.5 Å². The molecule has 0 aliphatic heterocycles. The van der Waals surface area contributed by atoms with Crippen LogP contribution in [-0.2, 0) is 12.8 Å². The summed E-state index contributed by atoms with van der Waals surface area (Å²) in [6.07, 6.45) is 2.20. The Labute approximate surface area is 177 Å². The van der Waals surface area contributed by atoms with Crippen molar-refractivity contribution in [1.82, 2.24) is 4.98 Å². The van der Waals surface area contributed by atoms with Crippen LogP contribution in [0.5, 0.6) is 0 Å². The fourth-order valence-corrected chi connectivity index (χ4v) is 3.65. The Morgan fingerprint density at radius 1 is 1.10 bits per heavy atom. The molecule has 1 amide bonds. The molecule has 5 N–H and O–H groups in total. The number of nitrogens with one attached hydrogen (secondary N) is 1. The van der Waals surface area contributed by atoms with E-state index in [1.807, 2.05) is 38.1 Å². The van der Waals surface area contributed by atoms with Gasteiger partial charge in [0.25, 0.3) is 0 Å². The minimum atomic E-state index is -0.493. The molecule has 1 heterocycles. The Balaban J connectivity index is 0.00000300. The number of fused-ring (bicyclic) bond motifs is 1. The number of anilines is 1. The molecule has 0 unspecified atom stereocenters. The van der Waals surface area contributed by atoms with Crippen molar-refractivity contribution in [1.29, 1.82) is 0 Å². The zero-order chi connectivity index (χ0) is 20.4. The summed E-state index contributed by atoms with van der Waals surface area (Å²) in [5.41, 5.74) is 17.1. The smallest absolute Gasteiger partial charge is 0.248 e. The third-order valence-corrected chi connectivity index (χ3v) is 5.05. The molecule has 2 aromatic carbocycles. The van der Waals surface area contributed by atoms with E-state index >= 15 is 0 Å². The number of primary amides is 1. The number of nitrogen functional groups attached to an aromatic ring is 1. The summed E-state index contributed by atoms with van der Waals surface area (Å²) in [4.78, 5) is 28.3. The molecule has 154 valence electrons. The first kappa shape index (κ1) is 22.5. The maximum atomic E-state index is 13.1. The van der Waals surface area contributed by atoms with Crippen molar-refractivity contribution in [2.45, 2.75) is 40.0 Å². The van der Waals surface area contributed by atoms with E-state index in [1.54, 1.807) is 12.1 Å². The van der Waals surface area contributed by atoms with Gasteiger partial charge in [-0.15, -0.1) is 12.4 Å². The number of carbonyl (C=O) groups excluding carboxylic acids is 2. The monoisotopic (exact) mass is 413 g/mol. The summed E-state index contributed by atoms with van der Waals surface area (Å²) < 4.78 is 0. The van der Waals surface area contributed by atoms with Gasteiger partial charge in [0.2, 0.25) is 5.91 Å². The third kappa shape index (κ3) is 4.46. The summed E-state index contributed by atoms with van der Waals surface area (Å²) in [6, 6.07) is 11.2. The van der Waals surface area contributed by atoms with Gasteiger partial charge in [0.15, 0.2) is 5.78 Å². The highest BCUT2D eigenvalue weighted by molar-refractivity contribution is 6.12. The van der Waals surface area contributed by atoms with Crippen LogP contribution in [0.1, 0.15) is 64.7 Å². The first-order valence-electron chi connectivity index (χ1n) is 9.68. The first-order chi connectivity index (χ1) is 13.3. The molecule has 0 aliphatic carbocycles. The number of halogens is 1. The second-order valence-corrected chi connectivity index (χ2v) is 7.55. The van der Waals surface area contributed by atoms with Crippen LogP contribution in [0.4, 0.5) is 5.69 Å². The Morgan fingerprint density at radius 2 is 1.79 bits per heavy atom. The van der Waals surface area contributed by atoms with Gasteiger partial charge in [-0.05, 0) is 35.7 Å². The van der Waals surface area contributed by atoms with E-state index in [4.69, 9.17) is 11.5 Å². The molecule has 0 saturated carbocycles. The molecule has 0 atom stereocenters. The first-order valence-corrected chi connectivity index (χ1v) is 9.68. The van der Waals surface area contributed by atoms with Gasteiger partial charge in [-0.25, -0.2) is 0 Å². The summed E-state index contributed by atoms with van der Waals surface area (Å²) in [6.45, 7) is 5.89. The molecule has 3 rings (SSSR count). The zero-order valence-corrected chi connectivity index (χ0v) is 17.9. The molecule has 0 aliphatic rings. The van der Waals surface area contributed by atoms with E-state index in [0.717, 1.165) is 46.1 Å². The topological polar surface area (TPSA) is 102 Å². The van der Waals surface area contributed by atoms with Gasteiger partial charge >= 0.3 is 0 Å². The van der Waals surface area contributed by atoms with E-state index < -0.39 is 5.91 Å². The van der Waals surface area contributed by atoms with E-state index in [2.05, 4.69) is 11.9 Å². The highest BCUT2D eigenvalue weighted by atomic mass is 35.5. The molecule has 3 aromatic rings. The molecule has 0 radical (unpaired) electrons. The van der Waals surface area contributed by atoms with Crippen molar-refractivity contribution >= 4 is 40.7 Å². The third-order valence-electron chi connectivity index (χ3n) is 5.05. The number of nitrogens with two attached hydrogens (primary N) is 2. The molecule has 0 fully saturated rings. The predicted octanol–water partition coefficient (Wildman–Crippen LogP) is 4.65. The SMILES string of the molecule is CCCc1[nH]c2cc(C(N)=O)cc(Cc3ccccc3N)c2c1C(=O)C(C)C.Cl. The van der Waals surface area contributed by atoms with Crippen LogP contribution in [0.3, 0.4) is 0 Å². The maximum absolute atomic E-state index is 13.1. The Bertz CT molecular complexity index is 1050. The van der Waals surface area contributed by atoms with E-state index in [9.17, 15) is 9.59 Å². The van der Waals surface area contributed by atoms with Gasteiger partial charge in [0.1, 0.15) is 0 Å². The average Bonchev–Trinajstić information content (AvgIpc) is 3.01. The van der Waals surface area contributed by atoms with Crippen LogP contribution in [0.2, 0.25) is 0 Å². The zero-order valence-electron chi connectivity index (χ0n) is 17.0. The number of ketones is 1. The number of aryl methyl sites for hydroxylation is 1. The number of Topliss-reactive ketones (excluding diaryl/α,β-unsaturated/α-hetero) is 1. The Kier molecular flexibility index (Phi) is 7.09. The number of aromatic amines is 1. The van der Waals surface area contributed by atoms with Crippen molar-refractivity contribution < 1.29 is 9.59 Å². The lowest BCUT2D eigenvalue weighted by Crippen LogP contribution is -2.13. The standard InChI is InChI=1S/C23H27N3O2.ClH/c1-4-7-18-21(22(27)13(2)3)20-15(10-14-8-5-6-9-17(14)24)11-16(23(25)28)12-19(20)26-18;/h5-6,8-9,11-13,26H,4,7,10,24H2,1-3H3,(H2,25,28);1H. The van der Waals surface area contributed by atoms with Crippen molar-refractivity contribution in [3.8, 4) is 0 Å². The quantitative estimate of drug-likeness (QED) is 0.388. The van der Waals surface area contributed by atoms with Crippen LogP contribution in [-0.4, -0.2) is 16.7 Å². The lowest BCUT2D eigenvalue weighted by molar-refractivity contribution is 0.0939. The van der Waals surface area contributed by atoms with Gasteiger partial charge in [-0.1, -0.05) is 45.4 Å². The molecule has 5 nitrogen and oxygen atoms in total. The lowest BCUT2D eigenvalue weighted by Gasteiger charge is -2.12. The number of aromatic nitrogens is 1. The van der Waals surface area contributed by atoms with Gasteiger partial charge in [-0.3, -0.25) is 9.59 Å². The number of rotatable bonds is 7. The lowest BCUT2D eigenvalue weighted by atomic mass is 9.91. The number of benzene rings is 2. The van der Waals surface area contributed by atoms with E-state index in [1.165, 1.54) is 0 Å².